The van der Waals surface area contributed by atoms with Gasteiger partial charge in [-0.15, -0.1) is 5.10 Å². The molecule has 6 rings (SSSR count). The van der Waals surface area contributed by atoms with Gasteiger partial charge in [0.1, 0.15) is 6.33 Å². The second-order valence-corrected chi connectivity index (χ2v) is 20.2. The second kappa shape index (κ2) is 13.2. The maximum Gasteiger partial charge on any atom is 0.307 e. The molecule has 292 valence electrons. The van der Waals surface area contributed by atoms with Crippen LogP contribution in [0.15, 0.2) is 18.0 Å². The molecule has 2 heterocycles. The summed E-state index contributed by atoms with van der Waals surface area (Å²) in [5.74, 6) is 0.268. The van der Waals surface area contributed by atoms with Gasteiger partial charge in [-0.3, -0.25) is 9.59 Å². The molecule has 3 saturated carbocycles. The predicted molar refractivity (Wildman–Crippen MR) is 202 cm³/mol. The molecule has 1 aliphatic heterocycles. The predicted octanol–water partition coefficient (Wildman–Crippen LogP) is 7.30. The molecule has 10 nitrogen and oxygen atoms in total. The maximum absolute atomic E-state index is 13.5. The Bertz CT molecular complexity index is 1570. The third-order valence-electron chi connectivity index (χ3n) is 16.5. The number of hydrogen-bond acceptors (Lipinski definition) is 7. The monoisotopic (exact) mass is 724 g/mol. The lowest BCUT2D eigenvalue weighted by Crippen LogP contribution is -2.69. The fourth-order valence-electron chi connectivity index (χ4n) is 12.4. The number of hydrogen-bond donors (Lipinski definition) is 3. The van der Waals surface area contributed by atoms with Gasteiger partial charge in [-0.2, -0.15) is 0 Å². The van der Waals surface area contributed by atoms with Gasteiger partial charge in [0.05, 0.1) is 37.9 Å². The van der Waals surface area contributed by atoms with Crippen molar-refractivity contribution in [2.75, 3.05) is 19.8 Å². The summed E-state index contributed by atoms with van der Waals surface area (Å²) in [4.78, 5) is 31.1. The van der Waals surface area contributed by atoms with Crippen molar-refractivity contribution in [3.05, 3.63) is 23.8 Å². The standard InChI is InChI=1S/C42H69N5O5/c1-24(2)27(7)37(8)17-18-39(10)28-13-14-31-38(9)20-51-22-42(31,29(28)15-16-40(39,11)32(37)36(49)50)19-30(33(38)52-21-41(12,43)25(3)4)47-23-44-34(46-47)35(48)45-26(5)6/h15,23-28,30-33H,13-14,16-22,43H2,1-12H3,(H,45,48)(H,49,50)/t27-,28+,30-,31+,32-,33+,37-,38+,39-,40+,41+,42+/m1/s1. The number of carboxylic acids is 1. The summed E-state index contributed by atoms with van der Waals surface area (Å²) < 4.78 is 15.6. The number of carboxylic acid groups (broad SMARTS) is 1. The Kier molecular flexibility index (Phi) is 9.98. The molecule has 4 N–H and O–H groups in total. The van der Waals surface area contributed by atoms with E-state index in [0.717, 1.165) is 38.5 Å². The van der Waals surface area contributed by atoms with Crippen molar-refractivity contribution < 1.29 is 24.2 Å². The Morgan fingerprint density at radius 3 is 2.38 bits per heavy atom. The van der Waals surface area contributed by atoms with Crippen molar-refractivity contribution in [1.29, 1.82) is 0 Å². The number of carbonyl (C=O) groups is 2. The molecule has 0 unspecified atom stereocenters. The first-order chi connectivity index (χ1) is 24.1. The zero-order valence-electron chi connectivity index (χ0n) is 34.2. The van der Waals surface area contributed by atoms with E-state index >= 15 is 0 Å². The van der Waals surface area contributed by atoms with Crippen LogP contribution < -0.4 is 11.1 Å². The zero-order valence-corrected chi connectivity index (χ0v) is 34.2. The van der Waals surface area contributed by atoms with E-state index in [1.54, 1.807) is 6.33 Å². The van der Waals surface area contributed by atoms with Gasteiger partial charge in [-0.05, 0) is 105 Å². The molecule has 1 amide bonds. The van der Waals surface area contributed by atoms with Crippen molar-refractivity contribution in [3.63, 3.8) is 0 Å². The molecule has 0 radical (unpaired) electrons. The summed E-state index contributed by atoms with van der Waals surface area (Å²) in [5.41, 5.74) is 6.28. The van der Waals surface area contributed by atoms with E-state index in [9.17, 15) is 14.7 Å². The lowest BCUT2D eigenvalue weighted by Gasteiger charge is -2.71. The summed E-state index contributed by atoms with van der Waals surface area (Å²) in [6.07, 6.45) is 9.40. The number of rotatable bonds is 10. The van der Waals surface area contributed by atoms with Crippen molar-refractivity contribution in [1.82, 2.24) is 20.1 Å². The highest BCUT2D eigenvalue weighted by atomic mass is 16.5. The van der Waals surface area contributed by atoms with Crippen LogP contribution in [0.1, 0.15) is 138 Å². The quantitative estimate of drug-likeness (QED) is 0.214. The van der Waals surface area contributed by atoms with Crippen LogP contribution >= 0.6 is 0 Å². The summed E-state index contributed by atoms with van der Waals surface area (Å²) in [6.45, 7) is 27.9. The Morgan fingerprint density at radius 2 is 1.77 bits per heavy atom. The molecule has 5 aliphatic rings. The summed E-state index contributed by atoms with van der Waals surface area (Å²) >= 11 is 0. The third-order valence-corrected chi connectivity index (χ3v) is 16.5. The molecule has 2 bridgehead atoms. The number of aliphatic carboxylic acids is 1. The van der Waals surface area contributed by atoms with Gasteiger partial charge in [-0.1, -0.05) is 74.0 Å². The van der Waals surface area contributed by atoms with Crippen molar-refractivity contribution in [3.8, 4) is 0 Å². The molecule has 10 heteroatoms. The third kappa shape index (κ3) is 5.73. The number of amides is 1. The number of nitrogens with one attached hydrogen (secondary N) is 1. The van der Waals surface area contributed by atoms with E-state index < -0.39 is 22.8 Å². The lowest BCUT2D eigenvalue weighted by molar-refractivity contribution is -0.252. The van der Waals surface area contributed by atoms with Gasteiger partial charge in [-0.25, -0.2) is 9.67 Å². The van der Waals surface area contributed by atoms with Gasteiger partial charge in [0.25, 0.3) is 5.91 Å². The fraction of sp³-hybridized carbons (Fsp3) is 0.857. The van der Waals surface area contributed by atoms with Crippen LogP contribution in [-0.4, -0.2) is 69.3 Å². The number of carbonyl (C=O) groups excluding carboxylic acids is 1. The van der Waals surface area contributed by atoms with Crippen LogP contribution in [0.25, 0.3) is 0 Å². The highest BCUT2D eigenvalue weighted by Gasteiger charge is 2.72. The maximum atomic E-state index is 13.5. The highest BCUT2D eigenvalue weighted by Crippen LogP contribution is 2.75. The molecule has 1 aromatic rings. The number of aromatic nitrogens is 3. The van der Waals surface area contributed by atoms with Crippen LogP contribution in [0.2, 0.25) is 0 Å². The summed E-state index contributed by atoms with van der Waals surface area (Å²) in [6, 6.07) is -0.231. The topological polar surface area (TPSA) is 142 Å². The van der Waals surface area contributed by atoms with E-state index in [-0.39, 0.29) is 63.4 Å². The number of nitrogens with zero attached hydrogens (tertiary/aromatic N) is 3. The minimum absolute atomic E-state index is 0.0324. The number of nitrogens with two attached hydrogens (primary N) is 1. The largest absolute Gasteiger partial charge is 0.481 e. The summed E-state index contributed by atoms with van der Waals surface area (Å²) in [5, 5.41) is 18.9. The van der Waals surface area contributed by atoms with Gasteiger partial charge in [0.15, 0.2) is 0 Å². The van der Waals surface area contributed by atoms with E-state index in [4.69, 9.17) is 20.3 Å². The highest BCUT2D eigenvalue weighted by molar-refractivity contribution is 5.90. The van der Waals surface area contributed by atoms with Crippen molar-refractivity contribution >= 4 is 11.9 Å². The number of allylic oxidation sites excluding steroid dienone is 1. The van der Waals surface area contributed by atoms with Gasteiger partial charge in [0, 0.05) is 22.4 Å². The van der Waals surface area contributed by atoms with Gasteiger partial charge < -0.3 is 25.6 Å². The van der Waals surface area contributed by atoms with E-state index in [0.29, 0.717) is 37.6 Å². The minimum atomic E-state index is -0.643. The first kappa shape index (κ1) is 39.4. The normalized spacial score (nSPS) is 41.8. The fourth-order valence-corrected chi connectivity index (χ4v) is 12.4. The Labute approximate surface area is 312 Å². The molecule has 0 spiro atoms. The molecule has 4 aliphatic carbocycles. The lowest BCUT2D eigenvalue weighted by atomic mass is 9.34. The first-order valence-corrected chi connectivity index (χ1v) is 20.2. The number of ether oxygens (including phenoxy) is 2. The average molecular weight is 724 g/mol. The van der Waals surface area contributed by atoms with E-state index in [1.807, 2.05) is 18.5 Å². The van der Waals surface area contributed by atoms with Crippen molar-refractivity contribution in [2.24, 2.45) is 68.3 Å². The minimum Gasteiger partial charge on any atom is -0.481 e. The van der Waals surface area contributed by atoms with Gasteiger partial charge >= 0.3 is 5.97 Å². The zero-order chi connectivity index (χ0) is 38.4. The molecule has 12 atom stereocenters. The van der Waals surface area contributed by atoms with Crippen LogP contribution in [0.4, 0.5) is 0 Å². The van der Waals surface area contributed by atoms with Crippen LogP contribution in [0, 0.1) is 62.6 Å². The Morgan fingerprint density at radius 1 is 1.08 bits per heavy atom. The second-order valence-electron chi connectivity index (χ2n) is 20.2. The van der Waals surface area contributed by atoms with Crippen molar-refractivity contribution in [2.45, 2.75) is 145 Å². The number of fused-ring (bicyclic) bond motifs is 3. The molecule has 4 fully saturated rings. The molecular formula is C42H69N5O5. The summed E-state index contributed by atoms with van der Waals surface area (Å²) in [7, 11) is 0. The SMILES string of the molecule is CC(C)NC(=O)c1ncn([C@@H]2C[C@@]34COC[C@@](C)([C@@H]3CC[C@H]3C4=CC[C@@]4(C)[C@H](C(=O)O)[C@@](C)([C@H](C)C(C)C)CC[C@]34C)[C@H]2OC[C@](C)(N)C(C)C)n1. The Balaban J connectivity index is 1.45. The first-order valence-electron chi connectivity index (χ1n) is 20.2. The molecule has 1 aromatic heterocycles. The van der Waals surface area contributed by atoms with Crippen LogP contribution in [0.3, 0.4) is 0 Å². The molecular weight excluding hydrogens is 654 g/mol. The van der Waals surface area contributed by atoms with E-state index in [2.05, 4.69) is 85.6 Å². The van der Waals surface area contributed by atoms with Gasteiger partial charge in [0.2, 0.25) is 5.82 Å². The smallest absolute Gasteiger partial charge is 0.307 e. The molecule has 0 aromatic carbocycles. The van der Waals surface area contributed by atoms with Crippen LogP contribution in [0.5, 0.6) is 0 Å². The Hall–Kier alpha value is -2.30. The van der Waals surface area contributed by atoms with E-state index in [1.165, 1.54) is 5.57 Å². The molecule has 52 heavy (non-hydrogen) atoms. The average Bonchev–Trinajstić information content (AvgIpc) is 3.54. The molecule has 1 saturated heterocycles. The van der Waals surface area contributed by atoms with Crippen LogP contribution in [-0.2, 0) is 14.3 Å².